The Balaban J connectivity index is 1.90. The molecule has 1 aromatic carbocycles. The van der Waals surface area contributed by atoms with Crippen molar-refractivity contribution in [3.8, 4) is 11.3 Å². The number of nitrogen functional groups attached to an aromatic ring is 1. The van der Waals surface area contributed by atoms with Crippen molar-refractivity contribution in [3.05, 3.63) is 34.9 Å². The number of hydrogen-bond acceptors (Lipinski definition) is 2. The monoisotopic (exact) mass is 289 g/mol. The van der Waals surface area contributed by atoms with Crippen molar-refractivity contribution in [2.45, 2.75) is 38.0 Å². The molecule has 0 unspecified atom stereocenters. The maximum atomic E-state index is 6.49. The molecule has 2 aromatic rings. The summed E-state index contributed by atoms with van der Waals surface area (Å²) < 4.78 is 1.68. The van der Waals surface area contributed by atoms with Gasteiger partial charge in [-0.3, -0.25) is 4.68 Å². The number of nitrogens with two attached hydrogens (primary N) is 1. The van der Waals surface area contributed by atoms with E-state index < -0.39 is 0 Å². The fourth-order valence-corrected chi connectivity index (χ4v) is 3.39. The van der Waals surface area contributed by atoms with E-state index in [2.05, 4.69) is 17.2 Å². The van der Waals surface area contributed by atoms with E-state index in [0.717, 1.165) is 16.3 Å². The number of aryl methyl sites for hydroxylation is 1. The van der Waals surface area contributed by atoms with E-state index in [1.54, 1.807) is 4.68 Å². The van der Waals surface area contributed by atoms with Crippen molar-refractivity contribution >= 4 is 17.4 Å². The first-order chi connectivity index (χ1) is 9.65. The van der Waals surface area contributed by atoms with Crippen molar-refractivity contribution in [3.63, 3.8) is 0 Å². The maximum absolute atomic E-state index is 6.49. The van der Waals surface area contributed by atoms with Crippen LogP contribution in [0.2, 0.25) is 5.02 Å². The van der Waals surface area contributed by atoms with Gasteiger partial charge in [0.2, 0.25) is 0 Å². The quantitative estimate of drug-likeness (QED) is 0.892. The van der Waals surface area contributed by atoms with Crippen molar-refractivity contribution in [1.82, 2.24) is 9.78 Å². The number of hydrogen-bond donors (Lipinski definition) is 1. The van der Waals surface area contributed by atoms with Gasteiger partial charge < -0.3 is 5.73 Å². The van der Waals surface area contributed by atoms with Gasteiger partial charge in [-0.15, -0.1) is 0 Å². The zero-order chi connectivity index (χ0) is 14.1. The van der Waals surface area contributed by atoms with Gasteiger partial charge in [-0.05, 0) is 30.4 Å². The number of anilines is 1. The molecule has 0 bridgehead atoms. The summed E-state index contributed by atoms with van der Waals surface area (Å²) in [6.45, 7) is 0. The zero-order valence-corrected chi connectivity index (χ0v) is 12.5. The molecule has 0 aliphatic heterocycles. The lowest BCUT2D eigenvalue weighted by Crippen LogP contribution is -2.05. The van der Waals surface area contributed by atoms with E-state index in [4.69, 9.17) is 17.3 Å². The van der Waals surface area contributed by atoms with E-state index in [0.29, 0.717) is 11.7 Å². The molecule has 1 aliphatic rings. The van der Waals surface area contributed by atoms with E-state index >= 15 is 0 Å². The van der Waals surface area contributed by atoms with Crippen LogP contribution in [0.25, 0.3) is 11.3 Å². The summed E-state index contributed by atoms with van der Waals surface area (Å²) in [5, 5.41) is 5.26. The highest BCUT2D eigenvalue weighted by Gasteiger charge is 2.18. The van der Waals surface area contributed by atoms with Crippen molar-refractivity contribution < 1.29 is 0 Å². The number of aromatic nitrogens is 2. The first-order valence-electron chi connectivity index (χ1n) is 7.24. The molecule has 106 valence electrons. The SMILES string of the molecule is Cn1nc(-c2ccc(C3CCCCC3)c(Cl)c2)cc1N. The summed E-state index contributed by atoms with van der Waals surface area (Å²) >= 11 is 6.49. The van der Waals surface area contributed by atoms with E-state index in [1.807, 2.05) is 19.2 Å². The molecule has 4 heteroatoms. The fourth-order valence-electron chi connectivity index (χ4n) is 3.05. The minimum atomic E-state index is 0.624. The van der Waals surface area contributed by atoms with Crippen LogP contribution in [-0.2, 0) is 7.05 Å². The number of benzene rings is 1. The molecule has 1 heterocycles. The lowest BCUT2D eigenvalue weighted by Gasteiger charge is -2.23. The summed E-state index contributed by atoms with van der Waals surface area (Å²) in [7, 11) is 1.84. The summed E-state index contributed by atoms with van der Waals surface area (Å²) in [6.07, 6.45) is 6.52. The lowest BCUT2D eigenvalue weighted by atomic mass is 9.84. The van der Waals surface area contributed by atoms with Crippen LogP contribution >= 0.6 is 11.6 Å². The Kier molecular flexibility index (Phi) is 3.70. The van der Waals surface area contributed by atoms with Gasteiger partial charge in [-0.2, -0.15) is 5.10 Å². The fraction of sp³-hybridized carbons (Fsp3) is 0.438. The Bertz CT molecular complexity index is 593. The van der Waals surface area contributed by atoms with Crippen LogP contribution in [0.4, 0.5) is 5.82 Å². The second kappa shape index (κ2) is 5.49. The molecule has 0 saturated heterocycles. The Morgan fingerprint density at radius 1 is 1.20 bits per heavy atom. The van der Waals surface area contributed by atoms with E-state index in [-0.39, 0.29) is 0 Å². The molecule has 0 atom stereocenters. The van der Waals surface area contributed by atoms with E-state index in [9.17, 15) is 0 Å². The Labute approximate surface area is 124 Å². The third kappa shape index (κ3) is 2.55. The average molecular weight is 290 g/mol. The Hall–Kier alpha value is -1.48. The van der Waals surface area contributed by atoms with Crippen LogP contribution in [0.15, 0.2) is 24.3 Å². The third-order valence-electron chi connectivity index (χ3n) is 4.26. The minimum absolute atomic E-state index is 0.624. The zero-order valence-electron chi connectivity index (χ0n) is 11.8. The molecule has 0 spiro atoms. The third-order valence-corrected chi connectivity index (χ3v) is 4.58. The van der Waals surface area contributed by atoms with Gasteiger partial charge >= 0.3 is 0 Å². The highest BCUT2D eigenvalue weighted by atomic mass is 35.5. The second-order valence-corrected chi connectivity index (χ2v) is 6.06. The molecule has 1 aliphatic carbocycles. The molecule has 3 rings (SSSR count). The summed E-state index contributed by atoms with van der Waals surface area (Å²) in [6, 6.07) is 8.18. The summed E-state index contributed by atoms with van der Waals surface area (Å²) in [5.74, 6) is 1.28. The van der Waals surface area contributed by atoms with Crippen LogP contribution in [-0.4, -0.2) is 9.78 Å². The van der Waals surface area contributed by atoms with Gasteiger partial charge in [-0.25, -0.2) is 0 Å². The van der Waals surface area contributed by atoms with Gasteiger partial charge in [-0.1, -0.05) is 43.0 Å². The first kappa shape index (κ1) is 13.5. The topological polar surface area (TPSA) is 43.8 Å². The van der Waals surface area contributed by atoms with Gasteiger partial charge in [0, 0.05) is 23.7 Å². The van der Waals surface area contributed by atoms with Crippen LogP contribution in [0.1, 0.15) is 43.6 Å². The number of nitrogens with zero attached hydrogens (tertiary/aromatic N) is 2. The van der Waals surface area contributed by atoms with Gasteiger partial charge in [0.05, 0.1) is 5.69 Å². The molecule has 1 fully saturated rings. The number of halogens is 1. The summed E-state index contributed by atoms with van der Waals surface area (Å²) in [5.41, 5.74) is 9.03. The Morgan fingerprint density at radius 2 is 1.95 bits per heavy atom. The van der Waals surface area contributed by atoms with Gasteiger partial charge in [0.25, 0.3) is 0 Å². The predicted octanol–water partition coefficient (Wildman–Crippen LogP) is 4.37. The van der Waals surface area contributed by atoms with Crippen LogP contribution in [0, 0.1) is 0 Å². The van der Waals surface area contributed by atoms with Gasteiger partial charge in [0.15, 0.2) is 0 Å². The molecule has 1 saturated carbocycles. The standard InChI is InChI=1S/C16H20ClN3/c1-20-16(18)10-15(19-20)12-7-8-13(14(17)9-12)11-5-3-2-4-6-11/h7-11H,2-6,18H2,1H3. The molecule has 3 nitrogen and oxygen atoms in total. The molecule has 1 aromatic heterocycles. The first-order valence-corrected chi connectivity index (χ1v) is 7.62. The second-order valence-electron chi connectivity index (χ2n) is 5.65. The summed E-state index contributed by atoms with van der Waals surface area (Å²) in [4.78, 5) is 0. The lowest BCUT2D eigenvalue weighted by molar-refractivity contribution is 0.444. The van der Waals surface area contributed by atoms with Crippen LogP contribution in [0.3, 0.4) is 0 Å². The van der Waals surface area contributed by atoms with Gasteiger partial charge in [0.1, 0.15) is 5.82 Å². The van der Waals surface area contributed by atoms with Crippen molar-refractivity contribution in [2.24, 2.45) is 7.05 Å². The van der Waals surface area contributed by atoms with Crippen LogP contribution in [0.5, 0.6) is 0 Å². The molecular weight excluding hydrogens is 270 g/mol. The van der Waals surface area contributed by atoms with Crippen molar-refractivity contribution in [1.29, 1.82) is 0 Å². The Morgan fingerprint density at radius 3 is 2.55 bits per heavy atom. The van der Waals surface area contributed by atoms with Crippen molar-refractivity contribution in [2.75, 3.05) is 5.73 Å². The molecule has 0 amide bonds. The highest BCUT2D eigenvalue weighted by molar-refractivity contribution is 6.31. The number of rotatable bonds is 2. The molecule has 0 radical (unpaired) electrons. The molecule has 2 N–H and O–H groups in total. The maximum Gasteiger partial charge on any atom is 0.121 e. The van der Waals surface area contributed by atoms with Crippen LogP contribution < -0.4 is 5.73 Å². The van der Waals surface area contributed by atoms with E-state index in [1.165, 1.54) is 37.7 Å². The molecule has 20 heavy (non-hydrogen) atoms. The minimum Gasteiger partial charge on any atom is -0.384 e. The molecular formula is C16H20ClN3. The normalized spacial score (nSPS) is 16.5. The largest absolute Gasteiger partial charge is 0.384 e. The average Bonchev–Trinajstić information content (AvgIpc) is 2.79. The highest BCUT2D eigenvalue weighted by Crippen LogP contribution is 2.37. The smallest absolute Gasteiger partial charge is 0.121 e. The predicted molar refractivity (Wildman–Crippen MR) is 83.9 cm³/mol.